The molecule has 4 heteroatoms. The molecule has 0 saturated carbocycles. The molecule has 2 aromatic rings. The maximum atomic E-state index is 6.00. The minimum absolute atomic E-state index is 0.484. The van der Waals surface area contributed by atoms with Gasteiger partial charge in [0, 0.05) is 16.3 Å². The van der Waals surface area contributed by atoms with Gasteiger partial charge in [-0.2, -0.15) is 18.2 Å². The molecule has 0 heterocycles. The van der Waals surface area contributed by atoms with Crippen LogP contribution in [0.1, 0.15) is 5.56 Å². The Morgan fingerprint density at radius 2 is 1.94 bits per heavy atom. The molecule has 0 fully saturated rings. The van der Waals surface area contributed by atoms with Gasteiger partial charge in [0.05, 0.1) is 6.61 Å². The zero-order chi connectivity index (χ0) is 12.5. The van der Waals surface area contributed by atoms with Crippen molar-refractivity contribution in [3.63, 3.8) is 0 Å². The Kier molecular flexibility index (Phi) is 7.51. The maximum absolute atomic E-state index is 6.00. The first-order chi connectivity index (χ1) is 8.36. The molecule has 0 atom stereocenters. The van der Waals surface area contributed by atoms with Gasteiger partial charge >= 0.3 is 30.0 Å². The Balaban J connectivity index is 0.000000686. The summed E-state index contributed by atoms with van der Waals surface area (Å²) in [5.41, 5.74) is 0.989. The van der Waals surface area contributed by atoms with E-state index in [0.29, 0.717) is 6.61 Å². The second kappa shape index (κ2) is 8.68. The third-order valence-corrected chi connectivity index (χ3v) is 2.40. The van der Waals surface area contributed by atoms with E-state index in [1.807, 2.05) is 42.5 Å². The number of hydrogen-bond donors (Lipinski definition) is 0. The van der Waals surface area contributed by atoms with Gasteiger partial charge in [0.1, 0.15) is 0 Å². The molecule has 1 nitrogen and oxygen atoms in total. The number of hydrogen-bond acceptors (Lipinski definition) is 1. The second-order valence-corrected chi connectivity index (χ2v) is 3.53. The van der Waals surface area contributed by atoms with E-state index in [4.69, 9.17) is 16.3 Å². The first-order valence-electron chi connectivity index (χ1n) is 4.95. The van der Waals surface area contributed by atoms with Gasteiger partial charge in [-0.15, -0.1) is 12.1 Å². The van der Waals surface area contributed by atoms with Gasteiger partial charge in [0.15, 0.2) is 0 Å². The van der Waals surface area contributed by atoms with Gasteiger partial charge in [-0.3, -0.25) is 0 Å². The molecule has 2 aromatic carbocycles. The molecule has 0 unspecified atom stereocenters. The normalized spacial score (nSPS) is 9.18. The van der Waals surface area contributed by atoms with Crippen LogP contribution in [0.4, 0.5) is 0 Å². The standard InChI is InChI=1S/C13H10ClO.BrH.Zn/c14-13-9-5-4-6-11(13)10-15-12-7-2-1-3-8-12;;/h1-2,4-9H,10H2;1H;/q-1;;+2/p-1. The molecular weight excluding hydrogens is 353 g/mol. The summed E-state index contributed by atoms with van der Waals surface area (Å²) in [6.45, 7) is 0.484. The third kappa shape index (κ3) is 5.20. The van der Waals surface area contributed by atoms with Crippen LogP contribution in [0.3, 0.4) is 0 Å². The quantitative estimate of drug-likeness (QED) is 0.574. The zero-order valence-corrected chi connectivity index (χ0v) is 14.5. The van der Waals surface area contributed by atoms with E-state index in [1.165, 1.54) is 16.3 Å². The average molecular weight is 363 g/mol. The van der Waals surface area contributed by atoms with E-state index in [9.17, 15) is 0 Å². The van der Waals surface area contributed by atoms with Crippen molar-refractivity contribution in [2.24, 2.45) is 0 Å². The molecule has 0 N–H and O–H groups in total. The fourth-order valence-electron chi connectivity index (χ4n) is 1.24. The molecule has 0 aliphatic rings. The Bertz CT molecular complexity index is 436. The number of halogens is 2. The van der Waals surface area contributed by atoms with Gasteiger partial charge in [-0.25, -0.2) is 0 Å². The Hall–Kier alpha value is -0.367. The minimum atomic E-state index is 0.484. The van der Waals surface area contributed by atoms with Crippen molar-refractivity contribution < 1.29 is 21.1 Å². The van der Waals surface area contributed by atoms with Crippen LogP contribution in [0.2, 0.25) is 5.02 Å². The van der Waals surface area contributed by atoms with E-state index in [0.717, 1.165) is 16.3 Å². The van der Waals surface area contributed by atoms with Crippen LogP contribution < -0.4 is 4.74 Å². The molecule has 0 aliphatic heterocycles. The summed E-state index contributed by atoms with van der Waals surface area (Å²) in [6, 6.07) is 18.0. The van der Waals surface area contributed by atoms with Crippen molar-refractivity contribution in [2.45, 2.75) is 6.61 Å². The van der Waals surface area contributed by atoms with Crippen LogP contribution in [-0.2, 0) is 22.9 Å². The Morgan fingerprint density at radius 1 is 1.18 bits per heavy atom. The first-order valence-corrected chi connectivity index (χ1v) is 12.3. The summed E-state index contributed by atoms with van der Waals surface area (Å²) in [6.07, 6.45) is 0. The van der Waals surface area contributed by atoms with E-state index in [2.05, 4.69) is 19.7 Å². The van der Waals surface area contributed by atoms with Gasteiger partial charge < -0.3 is 4.74 Å². The Labute approximate surface area is 123 Å². The predicted octanol–water partition coefficient (Wildman–Crippen LogP) is 4.56. The second-order valence-electron chi connectivity index (χ2n) is 3.12. The van der Waals surface area contributed by atoms with Crippen LogP contribution >= 0.6 is 25.2 Å². The van der Waals surface area contributed by atoms with E-state index in [-0.39, 0.29) is 0 Å². The molecule has 0 spiro atoms. The van der Waals surface area contributed by atoms with Crippen LogP contribution in [0.25, 0.3) is 0 Å². The third-order valence-electron chi connectivity index (χ3n) is 2.03. The number of rotatable bonds is 3. The molecule has 0 aromatic heterocycles. The molecule has 0 amide bonds. The molecule has 0 radical (unpaired) electrons. The topological polar surface area (TPSA) is 9.23 Å². The van der Waals surface area contributed by atoms with Crippen LogP contribution in [-0.4, -0.2) is 0 Å². The molecular formula is C13H10BrClOZn. The van der Waals surface area contributed by atoms with Crippen LogP contribution in [0.15, 0.2) is 48.5 Å². The van der Waals surface area contributed by atoms with Crippen molar-refractivity contribution in [1.29, 1.82) is 0 Å². The van der Waals surface area contributed by atoms with E-state index in [1.54, 1.807) is 6.07 Å². The fraction of sp³-hybridized carbons (Fsp3) is 0.0769. The van der Waals surface area contributed by atoms with Crippen LogP contribution in [0, 0.1) is 6.07 Å². The van der Waals surface area contributed by atoms with Gasteiger partial charge in [-0.1, -0.05) is 29.8 Å². The van der Waals surface area contributed by atoms with Crippen molar-refractivity contribution in [1.82, 2.24) is 0 Å². The molecule has 2 rings (SSSR count). The van der Waals surface area contributed by atoms with Gasteiger partial charge in [-0.05, 0) is 6.07 Å². The molecule has 0 saturated heterocycles. The van der Waals surface area contributed by atoms with Crippen molar-refractivity contribution in [3.8, 4) is 5.75 Å². The summed E-state index contributed by atoms with van der Waals surface area (Å²) < 4.78 is 5.56. The van der Waals surface area contributed by atoms with Crippen molar-refractivity contribution in [2.75, 3.05) is 0 Å². The summed E-state index contributed by atoms with van der Waals surface area (Å²) in [5.74, 6) is 0.803. The predicted molar refractivity (Wildman–Crippen MR) is 70.0 cm³/mol. The summed E-state index contributed by atoms with van der Waals surface area (Å²) in [5, 5.41) is 0.734. The molecule has 84 valence electrons. The van der Waals surface area contributed by atoms with Crippen molar-refractivity contribution >= 4 is 25.2 Å². The zero-order valence-electron chi connectivity index (χ0n) is 9.20. The number of ether oxygens (including phenoxy) is 1. The SMILES string of the molecule is Clc1ccccc1COc1c[c-]ccc1.[Zn+][Br]. The van der Waals surface area contributed by atoms with E-state index < -0.39 is 0 Å². The monoisotopic (exact) mass is 360 g/mol. The van der Waals surface area contributed by atoms with Crippen LogP contribution in [0.5, 0.6) is 5.75 Å². The van der Waals surface area contributed by atoms with E-state index >= 15 is 0 Å². The molecule has 17 heavy (non-hydrogen) atoms. The van der Waals surface area contributed by atoms with Crippen molar-refractivity contribution in [3.05, 3.63) is 65.2 Å². The first kappa shape index (κ1) is 14.7. The molecule has 0 aliphatic carbocycles. The Morgan fingerprint density at radius 3 is 2.59 bits per heavy atom. The number of benzene rings is 2. The van der Waals surface area contributed by atoms with Gasteiger partial charge in [0.25, 0.3) is 0 Å². The van der Waals surface area contributed by atoms with Gasteiger partial charge in [0.2, 0.25) is 0 Å². The molecule has 0 bridgehead atoms. The summed E-state index contributed by atoms with van der Waals surface area (Å²) >= 11 is 10.3. The summed E-state index contributed by atoms with van der Waals surface area (Å²) in [4.78, 5) is 0. The average Bonchev–Trinajstić information content (AvgIpc) is 2.41. The summed E-state index contributed by atoms with van der Waals surface area (Å²) in [7, 11) is 0. The fourth-order valence-corrected chi connectivity index (χ4v) is 1.43.